The molecule has 0 aliphatic heterocycles. The fourth-order valence-electron chi connectivity index (χ4n) is 1.34. The molecule has 0 amide bonds. The van der Waals surface area contributed by atoms with Gasteiger partial charge in [-0.05, 0) is 18.4 Å². The van der Waals surface area contributed by atoms with E-state index in [0.717, 1.165) is 17.7 Å². The molecule has 0 aliphatic carbocycles. The first-order chi connectivity index (χ1) is 8.06. The summed E-state index contributed by atoms with van der Waals surface area (Å²) in [7, 11) is 0. The van der Waals surface area contributed by atoms with E-state index in [-0.39, 0.29) is 6.01 Å². The number of rotatable bonds is 5. The van der Waals surface area contributed by atoms with E-state index in [0.29, 0.717) is 6.42 Å². The van der Waals surface area contributed by atoms with Crippen LogP contribution in [0.5, 0.6) is 6.01 Å². The van der Waals surface area contributed by atoms with Crippen molar-refractivity contribution in [2.24, 2.45) is 0 Å². The number of ether oxygens (including phenoxy) is 1. The van der Waals surface area contributed by atoms with Crippen LogP contribution in [0.1, 0.15) is 31.5 Å². The van der Waals surface area contributed by atoms with Gasteiger partial charge in [0.25, 0.3) is 0 Å². The first-order valence-electron chi connectivity index (χ1n) is 5.34. The highest BCUT2D eigenvalue weighted by atomic mass is 16.5. The van der Waals surface area contributed by atoms with Crippen molar-refractivity contribution in [1.29, 1.82) is 0 Å². The first kappa shape index (κ1) is 13.1. The lowest BCUT2D eigenvalue weighted by atomic mass is 10.1. The van der Waals surface area contributed by atoms with E-state index in [1.165, 1.54) is 0 Å². The maximum Gasteiger partial charge on any atom is 0.324 e. The third-order valence-electron chi connectivity index (χ3n) is 2.15. The molecule has 1 rings (SSSR count). The molecule has 1 N–H and O–H groups in total. The summed E-state index contributed by atoms with van der Waals surface area (Å²) in [5.74, 6) is -2.11. The molecule has 1 heterocycles. The third-order valence-corrected chi connectivity index (χ3v) is 2.15. The van der Waals surface area contributed by atoms with Gasteiger partial charge < -0.3 is 9.84 Å². The van der Waals surface area contributed by atoms with Gasteiger partial charge in [-0.1, -0.05) is 13.8 Å². The molecule has 6 nitrogen and oxygen atoms in total. The number of aryl methyl sites for hydroxylation is 2. The minimum Gasteiger partial charge on any atom is -0.481 e. The zero-order valence-electron chi connectivity index (χ0n) is 9.77. The van der Waals surface area contributed by atoms with Crippen LogP contribution in [0, 0.1) is 0 Å². The molecule has 0 atom stereocenters. The highest BCUT2D eigenvalue weighted by molar-refractivity contribution is 5.90. The molecule has 0 spiro atoms. The van der Waals surface area contributed by atoms with Crippen LogP contribution in [0.4, 0.5) is 0 Å². The number of nitrogens with zero attached hydrogens (tertiary/aromatic N) is 2. The van der Waals surface area contributed by atoms with Crippen LogP contribution in [0.15, 0.2) is 6.20 Å². The lowest BCUT2D eigenvalue weighted by Crippen LogP contribution is -2.15. The van der Waals surface area contributed by atoms with Crippen LogP contribution in [0.2, 0.25) is 0 Å². The molecule has 0 radical (unpaired) electrons. The predicted octanol–water partition coefficient (Wildman–Crippen LogP) is 0.981. The summed E-state index contributed by atoms with van der Waals surface area (Å²) in [5.41, 5.74) is 1.80. The molecule has 17 heavy (non-hydrogen) atoms. The second-order valence-corrected chi connectivity index (χ2v) is 3.38. The summed E-state index contributed by atoms with van der Waals surface area (Å²) in [6.07, 6.45) is 2.40. The van der Waals surface area contributed by atoms with Crippen molar-refractivity contribution in [2.45, 2.75) is 33.1 Å². The van der Waals surface area contributed by atoms with E-state index in [1.54, 1.807) is 6.20 Å². The summed E-state index contributed by atoms with van der Waals surface area (Å²) >= 11 is 0. The van der Waals surface area contributed by atoms with Crippen LogP contribution >= 0.6 is 0 Å². The van der Waals surface area contributed by atoms with Gasteiger partial charge in [-0.25, -0.2) is 4.98 Å². The molecule has 0 saturated carbocycles. The Bertz CT molecular complexity index is 431. The van der Waals surface area contributed by atoms with E-state index in [4.69, 9.17) is 9.84 Å². The van der Waals surface area contributed by atoms with Gasteiger partial charge in [-0.15, -0.1) is 0 Å². The van der Waals surface area contributed by atoms with Crippen LogP contribution in [0.3, 0.4) is 0 Å². The van der Waals surface area contributed by atoms with Gasteiger partial charge in [0.1, 0.15) is 6.42 Å². The van der Waals surface area contributed by atoms with Crippen molar-refractivity contribution in [3.8, 4) is 6.01 Å². The maximum atomic E-state index is 11.1. The van der Waals surface area contributed by atoms with Crippen molar-refractivity contribution >= 4 is 11.9 Å². The fraction of sp³-hybridized carbons (Fsp3) is 0.455. The number of hydrogen-bond acceptors (Lipinski definition) is 5. The Morgan fingerprint density at radius 1 is 1.35 bits per heavy atom. The Kier molecular flexibility index (Phi) is 4.56. The van der Waals surface area contributed by atoms with Crippen LogP contribution < -0.4 is 4.74 Å². The lowest BCUT2D eigenvalue weighted by molar-refractivity contribution is -0.146. The maximum absolute atomic E-state index is 11.1. The number of carboxylic acids is 1. The number of esters is 1. The van der Waals surface area contributed by atoms with Crippen molar-refractivity contribution in [1.82, 2.24) is 9.97 Å². The number of carboxylic acid groups (broad SMARTS) is 1. The third kappa shape index (κ3) is 3.82. The molecule has 0 fully saturated rings. The van der Waals surface area contributed by atoms with Gasteiger partial charge in [0, 0.05) is 6.20 Å². The SMILES string of the molecule is CCc1cnc(OC(=O)CC(=O)O)nc1CC. The van der Waals surface area contributed by atoms with Crippen LogP contribution in [-0.4, -0.2) is 27.0 Å². The smallest absolute Gasteiger partial charge is 0.324 e. The van der Waals surface area contributed by atoms with Gasteiger partial charge in [-0.2, -0.15) is 4.98 Å². The highest BCUT2D eigenvalue weighted by Crippen LogP contribution is 2.11. The lowest BCUT2D eigenvalue weighted by Gasteiger charge is -2.06. The molecule has 0 bridgehead atoms. The van der Waals surface area contributed by atoms with Crippen molar-refractivity contribution < 1.29 is 19.4 Å². The molecule has 6 heteroatoms. The highest BCUT2D eigenvalue weighted by Gasteiger charge is 2.13. The number of hydrogen-bond donors (Lipinski definition) is 1. The Morgan fingerprint density at radius 2 is 2.06 bits per heavy atom. The fourth-order valence-corrected chi connectivity index (χ4v) is 1.34. The van der Waals surface area contributed by atoms with E-state index < -0.39 is 18.4 Å². The average molecular weight is 238 g/mol. The Morgan fingerprint density at radius 3 is 2.59 bits per heavy atom. The van der Waals surface area contributed by atoms with Gasteiger partial charge in [0.15, 0.2) is 0 Å². The van der Waals surface area contributed by atoms with E-state index in [1.807, 2.05) is 13.8 Å². The molecule has 0 unspecified atom stereocenters. The first-order valence-corrected chi connectivity index (χ1v) is 5.34. The topological polar surface area (TPSA) is 89.4 Å². The normalized spacial score (nSPS) is 10.0. The van der Waals surface area contributed by atoms with Gasteiger partial charge in [0.05, 0.1) is 5.69 Å². The zero-order chi connectivity index (χ0) is 12.8. The standard InChI is InChI=1S/C11H14N2O4/c1-3-7-6-12-11(13-8(7)4-2)17-10(16)5-9(14)15/h6H,3-5H2,1-2H3,(H,14,15). The Labute approximate surface area is 98.7 Å². The minimum atomic E-state index is -1.24. The van der Waals surface area contributed by atoms with Crippen molar-refractivity contribution in [3.05, 3.63) is 17.5 Å². The molecule has 1 aromatic heterocycles. The molecule has 0 aromatic carbocycles. The van der Waals surface area contributed by atoms with E-state index in [2.05, 4.69) is 9.97 Å². The van der Waals surface area contributed by atoms with Crippen LogP contribution in [0.25, 0.3) is 0 Å². The van der Waals surface area contributed by atoms with E-state index in [9.17, 15) is 9.59 Å². The van der Waals surface area contributed by atoms with E-state index >= 15 is 0 Å². The Hall–Kier alpha value is -1.98. The summed E-state index contributed by atoms with van der Waals surface area (Å²) < 4.78 is 4.73. The van der Waals surface area contributed by atoms with Gasteiger partial charge >= 0.3 is 17.9 Å². The summed E-state index contributed by atoms with van der Waals surface area (Å²) in [5, 5.41) is 8.40. The zero-order valence-corrected chi connectivity index (χ0v) is 9.77. The molecule has 0 aliphatic rings. The number of aromatic nitrogens is 2. The molecule has 0 saturated heterocycles. The monoisotopic (exact) mass is 238 g/mol. The summed E-state index contributed by atoms with van der Waals surface area (Å²) in [6.45, 7) is 3.91. The van der Waals surface area contributed by atoms with Crippen molar-refractivity contribution in [3.63, 3.8) is 0 Å². The average Bonchev–Trinajstić information content (AvgIpc) is 2.27. The predicted molar refractivity (Wildman–Crippen MR) is 58.7 cm³/mol. The van der Waals surface area contributed by atoms with Gasteiger partial charge in [-0.3, -0.25) is 9.59 Å². The summed E-state index contributed by atoms with van der Waals surface area (Å²) in [4.78, 5) is 29.3. The summed E-state index contributed by atoms with van der Waals surface area (Å²) in [6, 6.07) is -0.0923. The second kappa shape index (κ2) is 5.93. The second-order valence-electron chi connectivity index (χ2n) is 3.38. The largest absolute Gasteiger partial charge is 0.481 e. The number of carbonyl (C=O) groups is 2. The van der Waals surface area contributed by atoms with Crippen LogP contribution in [-0.2, 0) is 22.4 Å². The molecule has 92 valence electrons. The quantitative estimate of drug-likeness (QED) is 0.607. The number of carbonyl (C=O) groups excluding carboxylic acids is 1. The van der Waals surface area contributed by atoms with Gasteiger partial charge in [0.2, 0.25) is 0 Å². The Balaban J connectivity index is 2.79. The molecular formula is C11H14N2O4. The van der Waals surface area contributed by atoms with Crippen molar-refractivity contribution in [2.75, 3.05) is 0 Å². The molecule has 1 aromatic rings. The number of aliphatic carboxylic acids is 1. The minimum absolute atomic E-state index is 0.0923. The molecular weight excluding hydrogens is 224 g/mol.